The first-order chi connectivity index (χ1) is 8.47. The second-order valence-electron chi connectivity index (χ2n) is 3.18. The average molecular weight is 366 g/mol. The number of Topliss-reactive ketones (excluding diaryl/α,β-unsaturated/α-hetero) is 1. The number of rotatable bonds is 4. The Hall–Kier alpha value is -1.31. The molecule has 96 valence electrons. The number of halogens is 3. The van der Waals surface area contributed by atoms with E-state index in [2.05, 4.69) is 4.74 Å². The molecule has 0 atom stereocenters. The lowest BCUT2D eigenvalue weighted by atomic mass is 10.1. The molecule has 0 heterocycles. The summed E-state index contributed by atoms with van der Waals surface area (Å²) in [6, 6.07) is 5.84. The van der Waals surface area contributed by atoms with E-state index in [0.29, 0.717) is 0 Å². The van der Waals surface area contributed by atoms with Gasteiger partial charge in [-0.15, -0.1) is 0 Å². The van der Waals surface area contributed by atoms with Gasteiger partial charge in [0.25, 0.3) is 0 Å². The fourth-order valence-corrected chi connectivity index (χ4v) is 1.47. The van der Waals surface area contributed by atoms with E-state index in [-0.39, 0.29) is 12.2 Å². The zero-order valence-corrected chi connectivity index (χ0v) is 11.5. The summed E-state index contributed by atoms with van der Waals surface area (Å²) in [5.74, 6) is -6.21. The normalized spacial score (nSPS) is 11.8. The van der Waals surface area contributed by atoms with Gasteiger partial charge in [0, 0.05) is 9.13 Å². The number of carbonyl (C=O) groups is 2. The first kappa shape index (κ1) is 14.7. The summed E-state index contributed by atoms with van der Waals surface area (Å²) in [5.41, 5.74) is -0.0348. The van der Waals surface area contributed by atoms with Gasteiger partial charge in [-0.2, -0.15) is 8.78 Å². The van der Waals surface area contributed by atoms with Crippen molar-refractivity contribution in [2.24, 2.45) is 0 Å². The maximum atomic E-state index is 13.4. The third-order valence-electron chi connectivity index (χ3n) is 1.95. The molecule has 0 radical (unpaired) electrons. The molecule has 0 spiro atoms. The second-order valence-corrected chi connectivity index (χ2v) is 4.43. The lowest BCUT2D eigenvalue weighted by molar-refractivity contribution is -0.140. The van der Waals surface area contributed by atoms with Crippen molar-refractivity contribution >= 4 is 34.3 Å². The molecule has 0 bridgehead atoms. The molecule has 1 aromatic carbocycles. The number of hydrogen-bond acceptors (Lipinski definition) is 3. The zero-order valence-electron chi connectivity index (χ0n) is 9.38. The van der Waals surface area contributed by atoms with E-state index in [1.54, 1.807) is 12.1 Å². The molecule has 0 N–H and O–H groups in total. The van der Waals surface area contributed by atoms with Crippen LogP contribution in [0.25, 0.3) is 0 Å². The van der Waals surface area contributed by atoms with Crippen LogP contribution in [0.2, 0.25) is 0 Å². The molecule has 1 rings (SSSR count). The van der Waals surface area contributed by atoms with Crippen LogP contribution in [-0.4, -0.2) is 18.4 Å². The van der Waals surface area contributed by atoms with Gasteiger partial charge in [0.05, 0.1) is 6.61 Å². The molecule has 0 aliphatic heterocycles. The summed E-state index contributed by atoms with van der Waals surface area (Å²) < 4.78 is 31.7. The highest BCUT2D eigenvalue weighted by Crippen LogP contribution is 2.17. The molecular formula is C12H9F2IO3. The van der Waals surface area contributed by atoms with Crippen LogP contribution in [0.1, 0.15) is 17.3 Å². The summed E-state index contributed by atoms with van der Waals surface area (Å²) in [6.45, 7) is 1.35. The highest BCUT2D eigenvalue weighted by molar-refractivity contribution is 14.1. The average Bonchev–Trinajstić information content (AvgIpc) is 2.37. The van der Waals surface area contributed by atoms with Crippen molar-refractivity contribution in [3.05, 3.63) is 45.1 Å². The topological polar surface area (TPSA) is 43.4 Å². The Bertz CT molecular complexity index is 495. The van der Waals surface area contributed by atoms with Crippen molar-refractivity contribution in [2.45, 2.75) is 6.92 Å². The van der Waals surface area contributed by atoms with Crippen LogP contribution in [0.4, 0.5) is 8.78 Å². The molecular weight excluding hydrogens is 357 g/mol. The highest BCUT2D eigenvalue weighted by Gasteiger charge is 2.23. The summed E-state index contributed by atoms with van der Waals surface area (Å²) in [5, 5.41) is 0. The Balaban J connectivity index is 2.99. The van der Waals surface area contributed by atoms with E-state index in [0.717, 1.165) is 3.57 Å². The maximum Gasteiger partial charge on any atom is 0.370 e. The minimum atomic E-state index is -1.81. The lowest BCUT2D eigenvalue weighted by Gasteiger charge is -2.01. The van der Waals surface area contributed by atoms with Crippen LogP contribution < -0.4 is 0 Å². The molecule has 6 heteroatoms. The van der Waals surface area contributed by atoms with Gasteiger partial charge in [-0.25, -0.2) is 4.79 Å². The van der Waals surface area contributed by atoms with Crippen LogP contribution in [0.15, 0.2) is 35.9 Å². The van der Waals surface area contributed by atoms with Gasteiger partial charge >= 0.3 is 5.97 Å². The molecule has 3 nitrogen and oxygen atoms in total. The maximum absolute atomic E-state index is 13.4. The Morgan fingerprint density at radius 2 is 1.72 bits per heavy atom. The number of hydrogen-bond donors (Lipinski definition) is 0. The van der Waals surface area contributed by atoms with E-state index in [1.165, 1.54) is 19.1 Å². The molecule has 0 aliphatic rings. The van der Waals surface area contributed by atoms with Crippen molar-refractivity contribution in [3.8, 4) is 0 Å². The largest absolute Gasteiger partial charge is 0.461 e. The van der Waals surface area contributed by atoms with Gasteiger partial charge in [-0.3, -0.25) is 4.79 Å². The van der Waals surface area contributed by atoms with Gasteiger partial charge < -0.3 is 4.74 Å². The van der Waals surface area contributed by atoms with Crippen molar-refractivity contribution in [1.82, 2.24) is 0 Å². The van der Waals surface area contributed by atoms with Crippen molar-refractivity contribution in [2.75, 3.05) is 6.61 Å². The number of esters is 1. The quantitative estimate of drug-likeness (QED) is 0.356. The molecule has 0 unspecified atom stereocenters. The molecule has 0 amide bonds. The van der Waals surface area contributed by atoms with Crippen LogP contribution in [-0.2, 0) is 9.53 Å². The van der Waals surface area contributed by atoms with Crippen molar-refractivity contribution in [3.63, 3.8) is 0 Å². The Morgan fingerprint density at radius 1 is 1.17 bits per heavy atom. The fraction of sp³-hybridized carbons (Fsp3) is 0.167. The van der Waals surface area contributed by atoms with E-state index >= 15 is 0 Å². The first-order valence-corrected chi connectivity index (χ1v) is 6.08. The number of benzene rings is 1. The summed E-state index contributed by atoms with van der Waals surface area (Å²) in [4.78, 5) is 22.4. The SMILES string of the molecule is CCOC(=O)/C(F)=C(/F)C(=O)c1ccc(I)cc1. The number of allylic oxidation sites excluding steroid dienone is 1. The predicted octanol–water partition coefficient (Wildman–Crippen LogP) is 3.19. The van der Waals surface area contributed by atoms with Crippen LogP contribution in [0, 0.1) is 3.57 Å². The molecule has 0 saturated heterocycles. The van der Waals surface area contributed by atoms with E-state index < -0.39 is 23.4 Å². The van der Waals surface area contributed by atoms with Crippen LogP contribution >= 0.6 is 22.6 Å². The monoisotopic (exact) mass is 366 g/mol. The standard InChI is InChI=1S/C12H9F2IO3/c1-2-18-12(17)10(14)9(13)11(16)7-3-5-8(15)6-4-7/h3-6H,2H2,1H3/b10-9-. The fourth-order valence-electron chi connectivity index (χ4n) is 1.11. The zero-order chi connectivity index (χ0) is 13.7. The van der Waals surface area contributed by atoms with Gasteiger partial charge in [0.2, 0.25) is 17.4 Å². The Labute approximate surface area is 116 Å². The van der Waals surface area contributed by atoms with Crippen molar-refractivity contribution < 1.29 is 23.1 Å². The van der Waals surface area contributed by atoms with E-state index in [4.69, 9.17) is 0 Å². The predicted molar refractivity (Wildman–Crippen MR) is 69.4 cm³/mol. The van der Waals surface area contributed by atoms with Gasteiger partial charge in [0.15, 0.2) is 0 Å². The number of ether oxygens (including phenoxy) is 1. The van der Waals surface area contributed by atoms with E-state index in [9.17, 15) is 18.4 Å². The third-order valence-corrected chi connectivity index (χ3v) is 2.67. The van der Waals surface area contributed by atoms with E-state index in [1.807, 2.05) is 22.6 Å². The molecule has 18 heavy (non-hydrogen) atoms. The first-order valence-electron chi connectivity index (χ1n) is 5.00. The van der Waals surface area contributed by atoms with Gasteiger partial charge in [-0.1, -0.05) is 0 Å². The van der Waals surface area contributed by atoms with Crippen LogP contribution in [0.5, 0.6) is 0 Å². The molecule has 0 saturated carbocycles. The van der Waals surface area contributed by atoms with Crippen molar-refractivity contribution in [1.29, 1.82) is 0 Å². The third kappa shape index (κ3) is 3.59. The summed E-state index contributed by atoms with van der Waals surface area (Å²) >= 11 is 2.01. The van der Waals surface area contributed by atoms with Gasteiger partial charge in [0.1, 0.15) is 0 Å². The molecule has 0 fully saturated rings. The minimum absolute atomic E-state index is 0.0348. The Kier molecular flexibility index (Phi) is 5.39. The highest BCUT2D eigenvalue weighted by atomic mass is 127. The number of ketones is 1. The molecule has 0 aliphatic carbocycles. The molecule has 1 aromatic rings. The summed E-state index contributed by atoms with van der Waals surface area (Å²) in [6.07, 6.45) is 0. The molecule has 0 aromatic heterocycles. The summed E-state index contributed by atoms with van der Waals surface area (Å²) in [7, 11) is 0. The van der Waals surface area contributed by atoms with Crippen LogP contribution in [0.3, 0.4) is 0 Å². The smallest absolute Gasteiger partial charge is 0.370 e. The lowest BCUT2D eigenvalue weighted by Crippen LogP contribution is -2.10. The van der Waals surface area contributed by atoms with Gasteiger partial charge in [-0.05, 0) is 53.8 Å². The number of carbonyl (C=O) groups excluding carboxylic acids is 2. The Morgan fingerprint density at radius 3 is 2.22 bits per heavy atom. The minimum Gasteiger partial charge on any atom is -0.461 e. The second kappa shape index (κ2) is 6.58.